The third kappa shape index (κ3) is 2.87. The summed E-state index contributed by atoms with van der Waals surface area (Å²) < 4.78 is 4.73. The van der Waals surface area contributed by atoms with Gasteiger partial charge in [-0.25, -0.2) is 4.79 Å². The van der Waals surface area contributed by atoms with Crippen molar-refractivity contribution >= 4 is 23.8 Å². The number of amides is 4. The lowest BCUT2D eigenvalue weighted by molar-refractivity contribution is -0.136. The lowest BCUT2D eigenvalue weighted by atomic mass is 10.0. The van der Waals surface area contributed by atoms with E-state index in [1.54, 1.807) is 18.2 Å². The molecule has 0 aromatic heterocycles. The lowest BCUT2D eigenvalue weighted by Gasteiger charge is -2.29. The number of fused-ring (bicyclic) bond motifs is 1. The molecule has 1 atom stereocenters. The number of nitrogens with two attached hydrogens (primary N) is 1. The summed E-state index contributed by atoms with van der Waals surface area (Å²) in [5, 5.41) is 2.25. The second-order valence-corrected chi connectivity index (χ2v) is 5.50. The van der Waals surface area contributed by atoms with E-state index in [1.807, 2.05) is 0 Å². The largest absolute Gasteiger partial charge is 0.445 e. The van der Waals surface area contributed by atoms with Crippen LogP contribution < -0.4 is 11.1 Å². The molecule has 2 heterocycles. The number of imide groups is 1. The molecule has 3 N–H and O–H groups in total. The van der Waals surface area contributed by atoms with Gasteiger partial charge in [0.05, 0.1) is 0 Å². The molecule has 1 unspecified atom stereocenters. The van der Waals surface area contributed by atoms with Gasteiger partial charge in [-0.1, -0.05) is 6.07 Å². The monoisotopic (exact) mass is 317 g/mol. The van der Waals surface area contributed by atoms with Gasteiger partial charge in [-0.2, -0.15) is 0 Å². The Balaban J connectivity index is 1.77. The fraction of sp³-hybridized carbons (Fsp3) is 0.333. The summed E-state index contributed by atoms with van der Waals surface area (Å²) in [7, 11) is 0. The van der Waals surface area contributed by atoms with Crippen LogP contribution in [0.4, 0.5) is 4.79 Å². The molecular weight excluding hydrogens is 302 g/mol. The lowest BCUT2D eigenvalue weighted by Crippen LogP contribution is -2.52. The van der Waals surface area contributed by atoms with Crippen molar-refractivity contribution in [3.8, 4) is 0 Å². The highest BCUT2D eigenvalue weighted by Crippen LogP contribution is 2.28. The highest BCUT2D eigenvalue weighted by molar-refractivity contribution is 6.05. The van der Waals surface area contributed by atoms with Crippen molar-refractivity contribution in [1.82, 2.24) is 10.2 Å². The van der Waals surface area contributed by atoms with Gasteiger partial charge in [0.1, 0.15) is 12.6 Å². The van der Waals surface area contributed by atoms with E-state index in [9.17, 15) is 19.2 Å². The van der Waals surface area contributed by atoms with Crippen LogP contribution in [0.5, 0.6) is 0 Å². The molecule has 0 spiro atoms. The average molecular weight is 317 g/mol. The summed E-state index contributed by atoms with van der Waals surface area (Å²) in [5.41, 5.74) is 6.90. The maximum absolute atomic E-state index is 12.5. The average Bonchev–Trinajstić information content (AvgIpc) is 2.82. The zero-order chi connectivity index (χ0) is 16.6. The van der Waals surface area contributed by atoms with E-state index >= 15 is 0 Å². The zero-order valence-corrected chi connectivity index (χ0v) is 12.2. The van der Waals surface area contributed by atoms with Crippen LogP contribution in [0.15, 0.2) is 18.2 Å². The minimum absolute atomic E-state index is 0.0230. The third-order valence-electron chi connectivity index (χ3n) is 3.97. The Kier molecular flexibility index (Phi) is 3.73. The number of primary amides is 1. The predicted molar refractivity (Wildman–Crippen MR) is 76.9 cm³/mol. The molecule has 0 saturated carbocycles. The van der Waals surface area contributed by atoms with E-state index in [2.05, 4.69) is 5.32 Å². The van der Waals surface area contributed by atoms with E-state index in [0.29, 0.717) is 17.5 Å². The smallest absolute Gasteiger partial charge is 0.404 e. The maximum Gasteiger partial charge on any atom is 0.404 e. The number of carbonyl (C=O) groups is 4. The van der Waals surface area contributed by atoms with Crippen molar-refractivity contribution < 1.29 is 23.9 Å². The normalized spacial score (nSPS) is 20.3. The minimum Gasteiger partial charge on any atom is -0.445 e. The Hall–Kier alpha value is -2.90. The highest BCUT2D eigenvalue weighted by atomic mass is 16.5. The molecule has 1 saturated heterocycles. The van der Waals surface area contributed by atoms with Crippen LogP contribution >= 0.6 is 0 Å². The second kappa shape index (κ2) is 5.71. The van der Waals surface area contributed by atoms with Gasteiger partial charge in [-0.3, -0.25) is 19.7 Å². The fourth-order valence-corrected chi connectivity index (χ4v) is 2.87. The molecule has 8 heteroatoms. The number of nitrogens with zero attached hydrogens (tertiary/aromatic N) is 1. The molecule has 0 bridgehead atoms. The minimum atomic E-state index is -0.869. The first-order valence-electron chi connectivity index (χ1n) is 7.14. The number of ether oxygens (including phenoxy) is 1. The molecule has 23 heavy (non-hydrogen) atoms. The van der Waals surface area contributed by atoms with Crippen LogP contribution in [0.2, 0.25) is 0 Å². The van der Waals surface area contributed by atoms with Crippen molar-refractivity contribution in [3.05, 3.63) is 34.9 Å². The topological polar surface area (TPSA) is 119 Å². The number of carbonyl (C=O) groups excluding carboxylic acids is 4. The molecule has 4 amide bonds. The summed E-state index contributed by atoms with van der Waals surface area (Å²) in [4.78, 5) is 47.7. The molecule has 2 aliphatic heterocycles. The molecular formula is C15H15N3O5. The number of hydrogen-bond donors (Lipinski definition) is 2. The van der Waals surface area contributed by atoms with Crippen LogP contribution in [-0.2, 0) is 27.5 Å². The molecule has 8 nitrogen and oxygen atoms in total. The Morgan fingerprint density at radius 2 is 2.13 bits per heavy atom. The first kappa shape index (κ1) is 15.0. The van der Waals surface area contributed by atoms with Crippen molar-refractivity contribution in [3.63, 3.8) is 0 Å². The van der Waals surface area contributed by atoms with Gasteiger partial charge in [0.15, 0.2) is 0 Å². The summed E-state index contributed by atoms with van der Waals surface area (Å²) in [6.07, 6.45) is -0.331. The predicted octanol–water partition coefficient (Wildman–Crippen LogP) is 0.0429. The van der Waals surface area contributed by atoms with Crippen LogP contribution in [0.1, 0.15) is 34.3 Å². The molecule has 2 aliphatic rings. The third-order valence-corrected chi connectivity index (χ3v) is 3.97. The maximum atomic E-state index is 12.5. The standard InChI is InChI=1S/C15H15N3O5/c16-15(22)23-7-8-1-2-10-9(5-8)6-18(14(10)21)11-3-4-12(19)17-13(11)20/h1-2,5,11H,3-4,6-7H2,(H2,16,22)(H,17,19,20). The van der Waals surface area contributed by atoms with E-state index in [1.165, 1.54) is 4.90 Å². The van der Waals surface area contributed by atoms with Crippen LogP contribution in [0.25, 0.3) is 0 Å². The van der Waals surface area contributed by atoms with Gasteiger partial charge in [-0.05, 0) is 29.7 Å². The number of nitrogens with one attached hydrogen (secondary N) is 1. The van der Waals surface area contributed by atoms with Crippen LogP contribution in [0, 0.1) is 0 Å². The number of hydrogen-bond acceptors (Lipinski definition) is 5. The van der Waals surface area contributed by atoms with Crippen molar-refractivity contribution in [2.24, 2.45) is 5.73 Å². The molecule has 1 fully saturated rings. The zero-order valence-electron chi connectivity index (χ0n) is 12.2. The quantitative estimate of drug-likeness (QED) is 0.763. The van der Waals surface area contributed by atoms with Crippen molar-refractivity contribution in [2.45, 2.75) is 32.0 Å². The van der Waals surface area contributed by atoms with Gasteiger partial charge in [0, 0.05) is 18.5 Å². The molecule has 1 aromatic carbocycles. The van der Waals surface area contributed by atoms with E-state index in [-0.39, 0.29) is 31.4 Å². The summed E-state index contributed by atoms with van der Waals surface area (Å²) >= 11 is 0. The van der Waals surface area contributed by atoms with Crippen molar-refractivity contribution in [1.29, 1.82) is 0 Å². The summed E-state index contributed by atoms with van der Waals surface area (Å²) in [6.45, 7) is 0.306. The van der Waals surface area contributed by atoms with Crippen molar-refractivity contribution in [2.75, 3.05) is 0 Å². The number of rotatable bonds is 3. The first-order chi connectivity index (χ1) is 11.0. The Morgan fingerprint density at radius 3 is 2.83 bits per heavy atom. The molecule has 3 rings (SSSR count). The Labute approximate surface area is 131 Å². The number of piperidine rings is 1. The molecule has 0 aliphatic carbocycles. The number of benzene rings is 1. The van der Waals surface area contributed by atoms with Crippen LogP contribution in [-0.4, -0.2) is 34.8 Å². The Bertz CT molecular complexity index is 715. The van der Waals surface area contributed by atoms with Gasteiger partial charge in [0.25, 0.3) is 5.91 Å². The van der Waals surface area contributed by atoms with E-state index < -0.39 is 18.0 Å². The van der Waals surface area contributed by atoms with Gasteiger partial charge in [-0.15, -0.1) is 0 Å². The SMILES string of the molecule is NC(=O)OCc1ccc2c(c1)CN(C1CCC(=O)NC1=O)C2=O. The van der Waals surface area contributed by atoms with Gasteiger partial charge >= 0.3 is 6.09 Å². The second-order valence-electron chi connectivity index (χ2n) is 5.50. The Morgan fingerprint density at radius 1 is 1.35 bits per heavy atom. The summed E-state index contributed by atoms with van der Waals surface area (Å²) in [5.74, 6) is -1.00. The van der Waals surface area contributed by atoms with Gasteiger partial charge < -0.3 is 15.4 Å². The molecule has 0 radical (unpaired) electrons. The summed E-state index contributed by atoms with van der Waals surface area (Å²) in [6, 6.07) is 4.43. The molecule has 1 aromatic rings. The van der Waals surface area contributed by atoms with Crippen LogP contribution in [0.3, 0.4) is 0 Å². The van der Waals surface area contributed by atoms with Gasteiger partial charge in [0.2, 0.25) is 11.8 Å². The first-order valence-corrected chi connectivity index (χ1v) is 7.14. The molecule has 120 valence electrons. The highest BCUT2D eigenvalue weighted by Gasteiger charge is 2.38. The van der Waals surface area contributed by atoms with E-state index in [4.69, 9.17) is 10.5 Å². The van der Waals surface area contributed by atoms with E-state index in [0.717, 1.165) is 5.56 Å². The fourth-order valence-electron chi connectivity index (χ4n) is 2.87.